The molecule has 0 unspecified atom stereocenters. The van der Waals surface area contributed by atoms with Crippen molar-refractivity contribution in [2.24, 2.45) is 7.05 Å². The van der Waals surface area contributed by atoms with Crippen LogP contribution in [0.3, 0.4) is 0 Å². The summed E-state index contributed by atoms with van der Waals surface area (Å²) in [4.78, 5) is 40.3. The van der Waals surface area contributed by atoms with Crippen molar-refractivity contribution in [2.45, 2.75) is 19.8 Å². The lowest BCUT2D eigenvalue weighted by atomic mass is 10.1. The molecule has 3 aromatic carbocycles. The van der Waals surface area contributed by atoms with Crippen LogP contribution < -0.4 is 15.8 Å². The number of carbonyl (C=O) groups is 2. The standard InChI is InChI=1S/C26H24N4O3/c1-17-24(26(33)30(28(17)2)19-11-4-3-5-12-19)27-22(31)15-8-16-29-21-14-7-10-18-9-6-13-20(23(18)21)25(29)32/h3-7,9-14H,8,15-16H2,1-2H3,(H,27,31). The van der Waals surface area contributed by atoms with Crippen LogP contribution in [0.4, 0.5) is 11.4 Å². The second-order valence-electron chi connectivity index (χ2n) is 8.23. The topological polar surface area (TPSA) is 76.3 Å². The van der Waals surface area contributed by atoms with E-state index in [1.54, 1.807) is 23.6 Å². The van der Waals surface area contributed by atoms with Gasteiger partial charge in [0.2, 0.25) is 5.91 Å². The van der Waals surface area contributed by atoms with Gasteiger partial charge in [0.25, 0.3) is 11.5 Å². The van der Waals surface area contributed by atoms with Crippen molar-refractivity contribution in [2.75, 3.05) is 16.8 Å². The first-order valence-electron chi connectivity index (χ1n) is 10.9. The smallest absolute Gasteiger partial charge is 0.295 e. The number of rotatable bonds is 6. The van der Waals surface area contributed by atoms with E-state index in [1.807, 2.05) is 66.7 Å². The Bertz CT molecular complexity index is 1440. The van der Waals surface area contributed by atoms with E-state index >= 15 is 0 Å². The molecule has 7 heteroatoms. The van der Waals surface area contributed by atoms with Gasteiger partial charge in [0.1, 0.15) is 5.69 Å². The molecule has 166 valence electrons. The van der Waals surface area contributed by atoms with E-state index in [9.17, 15) is 14.4 Å². The van der Waals surface area contributed by atoms with Crippen LogP contribution in [0.2, 0.25) is 0 Å². The van der Waals surface area contributed by atoms with Gasteiger partial charge in [0.05, 0.1) is 17.1 Å². The predicted molar refractivity (Wildman–Crippen MR) is 129 cm³/mol. The molecule has 1 aromatic heterocycles. The number of hydrogen-bond acceptors (Lipinski definition) is 3. The van der Waals surface area contributed by atoms with Gasteiger partial charge in [-0.25, -0.2) is 4.68 Å². The van der Waals surface area contributed by atoms with Crippen molar-refractivity contribution in [3.8, 4) is 5.69 Å². The summed E-state index contributed by atoms with van der Waals surface area (Å²) in [6.07, 6.45) is 0.690. The average molecular weight is 441 g/mol. The van der Waals surface area contributed by atoms with E-state index in [0.29, 0.717) is 24.2 Å². The van der Waals surface area contributed by atoms with Crippen molar-refractivity contribution in [3.63, 3.8) is 0 Å². The Kier molecular flexibility index (Phi) is 5.09. The zero-order valence-electron chi connectivity index (χ0n) is 18.5. The number of aromatic nitrogens is 2. The monoisotopic (exact) mass is 440 g/mol. The van der Waals surface area contributed by atoms with Gasteiger partial charge in [0, 0.05) is 31.0 Å². The summed E-state index contributed by atoms with van der Waals surface area (Å²) in [6.45, 7) is 2.24. The van der Waals surface area contributed by atoms with E-state index in [0.717, 1.165) is 22.1 Å². The fraction of sp³-hybridized carbons (Fsp3) is 0.192. The highest BCUT2D eigenvalue weighted by Crippen LogP contribution is 2.37. The fourth-order valence-corrected chi connectivity index (χ4v) is 4.51. The summed E-state index contributed by atoms with van der Waals surface area (Å²) in [5.41, 5.74) is 3.00. The lowest BCUT2D eigenvalue weighted by Gasteiger charge is -2.17. The number of para-hydroxylation sites is 1. The first kappa shape index (κ1) is 20.8. The van der Waals surface area contributed by atoms with Crippen LogP contribution in [0, 0.1) is 6.92 Å². The first-order chi connectivity index (χ1) is 16.0. The molecule has 0 bridgehead atoms. The molecule has 0 aliphatic carbocycles. The molecule has 0 saturated carbocycles. The minimum Gasteiger partial charge on any atom is -0.320 e. The van der Waals surface area contributed by atoms with Gasteiger partial charge in [-0.1, -0.05) is 42.5 Å². The predicted octanol–water partition coefficient (Wildman–Crippen LogP) is 4.02. The number of hydrogen-bond donors (Lipinski definition) is 1. The molecule has 0 saturated heterocycles. The maximum atomic E-state index is 13.0. The van der Waals surface area contributed by atoms with Gasteiger partial charge in [-0.3, -0.25) is 19.1 Å². The van der Waals surface area contributed by atoms with Crippen molar-refractivity contribution in [3.05, 3.63) is 88.3 Å². The number of benzene rings is 3. The summed E-state index contributed by atoms with van der Waals surface area (Å²) in [5, 5.41) is 4.79. The summed E-state index contributed by atoms with van der Waals surface area (Å²) >= 11 is 0. The molecular formula is C26H24N4O3. The maximum Gasteiger partial charge on any atom is 0.295 e. The molecule has 0 spiro atoms. The van der Waals surface area contributed by atoms with Crippen LogP contribution in [0.1, 0.15) is 28.9 Å². The van der Waals surface area contributed by atoms with Gasteiger partial charge >= 0.3 is 0 Å². The molecule has 1 aliphatic rings. The molecule has 1 N–H and O–H groups in total. The maximum absolute atomic E-state index is 13.0. The van der Waals surface area contributed by atoms with E-state index in [1.165, 1.54) is 4.68 Å². The normalized spacial score (nSPS) is 12.5. The lowest BCUT2D eigenvalue weighted by Crippen LogP contribution is -2.29. The molecule has 7 nitrogen and oxygen atoms in total. The Morgan fingerprint density at radius 2 is 1.67 bits per heavy atom. The molecule has 2 heterocycles. The van der Waals surface area contributed by atoms with E-state index in [-0.39, 0.29) is 29.5 Å². The summed E-state index contributed by atoms with van der Waals surface area (Å²) < 4.78 is 3.26. The quantitative estimate of drug-likeness (QED) is 0.492. The molecule has 5 rings (SSSR count). The Labute approximate surface area is 190 Å². The van der Waals surface area contributed by atoms with Gasteiger partial charge in [-0.2, -0.15) is 0 Å². The molecule has 2 amide bonds. The molecule has 0 atom stereocenters. The van der Waals surface area contributed by atoms with Gasteiger partial charge in [0.15, 0.2) is 0 Å². The molecule has 0 radical (unpaired) electrons. The lowest BCUT2D eigenvalue weighted by molar-refractivity contribution is -0.116. The fourth-order valence-electron chi connectivity index (χ4n) is 4.51. The van der Waals surface area contributed by atoms with Gasteiger partial charge < -0.3 is 10.2 Å². The second kappa shape index (κ2) is 8.09. The largest absolute Gasteiger partial charge is 0.320 e. The summed E-state index contributed by atoms with van der Waals surface area (Å²) in [6, 6.07) is 20.9. The van der Waals surface area contributed by atoms with Crippen molar-refractivity contribution >= 4 is 34.0 Å². The Hall–Kier alpha value is -4.13. The van der Waals surface area contributed by atoms with Crippen molar-refractivity contribution in [1.82, 2.24) is 9.36 Å². The van der Waals surface area contributed by atoms with Crippen LogP contribution in [0.15, 0.2) is 71.5 Å². The highest BCUT2D eigenvalue weighted by molar-refractivity contribution is 6.25. The second-order valence-corrected chi connectivity index (χ2v) is 8.23. The third kappa shape index (κ3) is 3.42. The van der Waals surface area contributed by atoms with Crippen LogP contribution in [0.5, 0.6) is 0 Å². The Morgan fingerprint density at radius 1 is 0.939 bits per heavy atom. The highest BCUT2D eigenvalue weighted by Gasteiger charge is 2.29. The van der Waals surface area contributed by atoms with Crippen LogP contribution in [0.25, 0.3) is 16.5 Å². The molecule has 4 aromatic rings. The van der Waals surface area contributed by atoms with Crippen LogP contribution in [-0.2, 0) is 11.8 Å². The summed E-state index contributed by atoms with van der Waals surface area (Å²) in [7, 11) is 1.79. The van der Waals surface area contributed by atoms with Crippen LogP contribution in [-0.4, -0.2) is 27.7 Å². The molecule has 1 aliphatic heterocycles. The van der Waals surface area contributed by atoms with Crippen LogP contribution >= 0.6 is 0 Å². The Balaban J connectivity index is 1.28. The zero-order valence-corrected chi connectivity index (χ0v) is 18.5. The molecular weight excluding hydrogens is 416 g/mol. The third-order valence-corrected chi connectivity index (χ3v) is 6.25. The van der Waals surface area contributed by atoms with Crippen molar-refractivity contribution < 1.29 is 9.59 Å². The SMILES string of the molecule is Cc1c(NC(=O)CCCN2C(=O)c3cccc4cccc2c34)c(=O)n(-c2ccccc2)n1C. The van der Waals surface area contributed by atoms with Crippen molar-refractivity contribution in [1.29, 1.82) is 0 Å². The van der Waals surface area contributed by atoms with E-state index < -0.39 is 0 Å². The first-order valence-corrected chi connectivity index (χ1v) is 10.9. The molecule has 0 fully saturated rings. The van der Waals surface area contributed by atoms with E-state index in [2.05, 4.69) is 5.32 Å². The molecule has 33 heavy (non-hydrogen) atoms. The average Bonchev–Trinajstić information content (AvgIpc) is 3.21. The number of carbonyl (C=O) groups excluding carboxylic acids is 2. The van der Waals surface area contributed by atoms with E-state index in [4.69, 9.17) is 0 Å². The number of nitrogens with zero attached hydrogens (tertiary/aromatic N) is 3. The number of anilines is 2. The Morgan fingerprint density at radius 3 is 2.42 bits per heavy atom. The number of nitrogens with one attached hydrogen (secondary N) is 1. The zero-order chi connectivity index (χ0) is 23.1. The highest BCUT2D eigenvalue weighted by atomic mass is 16.2. The number of amides is 2. The minimum absolute atomic E-state index is 0.0353. The summed E-state index contributed by atoms with van der Waals surface area (Å²) in [5.74, 6) is -0.282. The van der Waals surface area contributed by atoms with Gasteiger partial charge in [-0.05, 0) is 43.0 Å². The minimum atomic E-state index is -0.272. The third-order valence-electron chi connectivity index (χ3n) is 6.25. The van der Waals surface area contributed by atoms with Gasteiger partial charge in [-0.15, -0.1) is 0 Å².